The highest BCUT2D eigenvalue weighted by Crippen LogP contribution is 2.26. The number of aryl methyl sites for hydroxylation is 1. The normalized spacial score (nSPS) is 21.7. The van der Waals surface area contributed by atoms with Gasteiger partial charge in [0.1, 0.15) is 0 Å². The average molecular weight is 365 g/mol. The Morgan fingerprint density at radius 2 is 1.72 bits per heavy atom. The maximum atomic E-state index is 12.3. The van der Waals surface area contributed by atoms with Crippen LogP contribution in [0.3, 0.4) is 0 Å². The highest BCUT2D eigenvalue weighted by molar-refractivity contribution is 5.98. The Hall–Kier alpha value is -1.39. The Bertz CT molecular complexity index is 576. The zero-order valence-corrected chi connectivity index (χ0v) is 15.8. The Balaban J connectivity index is 0.00000225. The molecule has 5 heteroatoms. The Kier molecular flexibility index (Phi) is 7.45. The van der Waals surface area contributed by atoms with Gasteiger partial charge in [0.2, 0.25) is 5.91 Å². The van der Waals surface area contributed by atoms with E-state index in [1.165, 1.54) is 18.4 Å². The van der Waals surface area contributed by atoms with Crippen molar-refractivity contribution in [1.82, 2.24) is 10.2 Å². The van der Waals surface area contributed by atoms with Crippen molar-refractivity contribution in [2.24, 2.45) is 11.8 Å². The predicted molar refractivity (Wildman–Crippen MR) is 102 cm³/mol. The molecular weight excluding hydrogens is 336 g/mol. The van der Waals surface area contributed by atoms with Gasteiger partial charge in [-0.15, -0.1) is 12.4 Å². The summed E-state index contributed by atoms with van der Waals surface area (Å²) < 4.78 is 0. The molecule has 1 aromatic rings. The van der Waals surface area contributed by atoms with Crippen molar-refractivity contribution in [2.45, 2.75) is 39.0 Å². The molecule has 25 heavy (non-hydrogen) atoms. The molecule has 1 amide bonds. The number of hydrogen-bond donors (Lipinski definition) is 1. The predicted octanol–water partition coefficient (Wildman–Crippen LogP) is 3.09. The first-order valence-corrected chi connectivity index (χ1v) is 9.28. The van der Waals surface area contributed by atoms with Crippen LogP contribution in [0.25, 0.3) is 0 Å². The van der Waals surface area contributed by atoms with Crippen LogP contribution in [0.15, 0.2) is 24.3 Å². The summed E-state index contributed by atoms with van der Waals surface area (Å²) in [4.78, 5) is 26.6. The van der Waals surface area contributed by atoms with Crippen LogP contribution in [-0.4, -0.2) is 42.8 Å². The minimum absolute atomic E-state index is 0. The van der Waals surface area contributed by atoms with E-state index in [9.17, 15) is 9.59 Å². The summed E-state index contributed by atoms with van der Waals surface area (Å²) in [6, 6.07) is 7.90. The van der Waals surface area contributed by atoms with E-state index in [0.29, 0.717) is 24.7 Å². The SMILES string of the molecule is CCCCc1ccc(C(=O)CCC(=O)N2C[C@H]3CNC[C@H]3C2)cc1.Cl. The van der Waals surface area contributed by atoms with Crippen molar-refractivity contribution in [3.63, 3.8) is 0 Å². The molecule has 0 aliphatic carbocycles. The van der Waals surface area contributed by atoms with Gasteiger partial charge in [0.25, 0.3) is 0 Å². The Labute approximate surface area is 156 Å². The smallest absolute Gasteiger partial charge is 0.223 e. The second kappa shape index (κ2) is 9.35. The molecule has 2 fully saturated rings. The fourth-order valence-electron chi connectivity index (χ4n) is 3.82. The molecule has 2 heterocycles. The van der Waals surface area contributed by atoms with Crippen molar-refractivity contribution in [1.29, 1.82) is 0 Å². The van der Waals surface area contributed by atoms with Gasteiger partial charge >= 0.3 is 0 Å². The minimum atomic E-state index is 0. The number of likely N-dealkylation sites (tertiary alicyclic amines) is 1. The van der Waals surface area contributed by atoms with Crippen LogP contribution >= 0.6 is 12.4 Å². The monoisotopic (exact) mass is 364 g/mol. The van der Waals surface area contributed by atoms with Gasteiger partial charge in [-0.05, 0) is 30.2 Å². The number of rotatable bonds is 7. The summed E-state index contributed by atoms with van der Waals surface area (Å²) in [5, 5.41) is 3.38. The van der Waals surface area contributed by atoms with E-state index in [0.717, 1.165) is 38.2 Å². The van der Waals surface area contributed by atoms with Gasteiger partial charge in [-0.3, -0.25) is 9.59 Å². The third-order valence-corrected chi connectivity index (χ3v) is 5.40. The van der Waals surface area contributed by atoms with E-state index in [2.05, 4.69) is 12.2 Å². The molecule has 3 rings (SSSR count). The second-order valence-corrected chi connectivity index (χ2v) is 7.20. The first-order valence-electron chi connectivity index (χ1n) is 9.28. The molecule has 2 aliphatic heterocycles. The number of nitrogens with one attached hydrogen (secondary N) is 1. The van der Waals surface area contributed by atoms with E-state index in [-0.39, 0.29) is 24.1 Å². The molecule has 4 nitrogen and oxygen atoms in total. The van der Waals surface area contributed by atoms with Gasteiger partial charge < -0.3 is 10.2 Å². The van der Waals surface area contributed by atoms with Crippen LogP contribution in [0.5, 0.6) is 0 Å². The molecule has 2 saturated heterocycles. The molecule has 0 spiro atoms. The topological polar surface area (TPSA) is 49.4 Å². The zero-order valence-electron chi connectivity index (χ0n) is 15.0. The van der Waals surface area contributed by atoms with Crippen LogP contribution in [0.4, 0.5) is 0 Å². The van der Waals surface area contributed by atoms with Gasteiger partial charge in [0.15, 0.2) is 5.78 Å². The summed E-state index contributed by atoms with van der Waals surface area (Å²) in [5.41, 5.74) is 2.01. The molecular formula is C20H29ClN2O2. The van der Waals surface area contributed by atoms with Crippen LogP contribution in [0.2, 0.25) is 0 Å². The second-order valence-electron chi connectivity index (χ2n) is 7.20. The number of nitrogens with zero attached hydrogens (tertiary/aromatic N) is 1. The van der Waals surface area contributed by atoms with Crippen LogP contribution in [0.1, 0.15) is 48.5 Å². The van der Waals surface area contributed by atoms with E-state index in [4.69, 9.17) is 0 Å². The van der Waals surface area contributed by atoms with Crippen LogP contribution in [-0.2, 0) is 11.2 Å². The number of unbranched alkanes of at least 4 members (excludes halogenated alkanes) is 1. The van der Waals surface area contributed by atoms with Crippen molar-refractivity contribution in [3.05, 3.63) is 35.4 Å². The van der Waals surface area contributed by atoms with Gasteiger partial charge in [-0.1, -0.05) is 37.6 Å². The zero-order chi connectivity index (χ0) is 16.9. The average Bonchev–Trinajstić information content (AvgIpc) is 3.20. The lowest BCUT2D eigenvalue weighted by Gasteiger charge is -2.17. The molecule has 0 radical (unpaired) electrons. The molecule has 1 N–H and O–H groups in total. The molecule has 138 valence electrons. The largest absolute Gasteiger partial charge is 0.342 e. The lowest BCUT2D eigenvalue weighted by Crippen LogP contribution is -2.32. The fourth-order valence-corrected chi connectivity index (χ4v) is 3.82. The fraction of sp³-hybridized carbons (Fsp3) is 0.600. The molecule has 1 aromatic carbocycles. The van der Waals surface area contributed by atoms with Crippen molar-refractivity contribution in [2.75, 3.05) is 26.2 Å². The van der Waals surface area contributed by atoms with Crippen molar-refractivity contribution in [3.8, 4) is 0 Å². The molecule has 2 atom stereocenters. The third-order valence-electron chi connectivity index (χ3n) is 5.40. The number of Topliss-reactive ketones (excluding diaryl/α,β-unsaturated/α-hetero) is 1. The summed E-state index contributed by atoms with van der Waals surface area (Å²) in [6.45, 7) is 5.95. The van der Waals surface area contributed by atoms with Crippen molar-refractivity contribution < 1.29 is 9.59 Å². The quantitative estimate of drug-likeness (QED) is 0.756. The Morgan fingerprint density at radius 3 is 2.32 bits per heavy atom. The van der Waals surface area contributed by atoms with E-state index in [1.807, 2.05) is 29.2 Å². The summed E-state index contributed by atoms with van der Waals surface area (Å²) in [6.07, 6.45) is 4.07. The Morgan fingerprint density at radius 1 is 1.08 bits per heavy atom. The minimum Gasteiger partial charge on any atom is -0.342 e. The van der Waals surface area contributed by atoms with Crippen LogP contribution in [0, 0.1) is 11.8 Å². The lowest BCUT2D eigenvalue weighted by molar-refractivity contribution is -0.130. The maximum Gasteiger partial charge on any atom is 0.223 e. The number of hydrogen-bond acceptors (Lipinski definition) is 3. The number of halogens is 1. The number of fused-ring (bicyclic) bond motifs is 1. The molecule has 0 bridgehead atoms. The number of amides is 1. The molecule has 2 aliphatic rings. The van der Waals surface area contributed by atoms with Crippen molar-refractivity contribution >= 4 is 24.1 Å². The number of carbonyl (C=O) groups is 2. The first-order chi connectivity index (χ1) is 11.7. The van der Waals surface area contributed by atoms with Gasteiger partial charge in [-0.2, -0.15) is 0 Å². The molecule has 0 unspecified atom stereocenters. The van der Waals surface area contributed by atoms with E-state index in [1.54, 1.807) is 0 Å². The number of benzene rings is 1. The van der Waals surface area contributed by atoms with E-state index >= 15 is 0 Å². The molecule has 0 aromatic heterocycles. The first kappa shape index (κ1) is 19.9. The summed E-state index contributed by atoms with van der Waals surface area (Å²) >= 11 is 0. The van der Waals surface area contributed by atoms with Gasteiger partial charge in [-0.25, -0.2) is 0 Å². The number of carbonyl (C=O) groups excluding carboxylic acids is 2. The standard InChI is InChI=1S/C20H28N2O2.ClH/c1-2-3-4-15-5-7-16(8-6-15)19(23)9-10-20(24)22-13-17-11-21-12-18(17)14-22;/h5-8,17-18,21H,2-4,9-14H2,1H3;1H/t17-,18+;. The van der Waals surface area contributed by atoms with Gasteiger partial charge in [0.05, 0.1) is 0 Å². The van der Waals surface area contributed by atoms with E-state index < -0.39 is 0 Å². The van der Waals surface area contributed by atoms with Crippen LogP contribution < -0.4 is 5.32 Å². The molecule has 0 saturated carbocycles. The summed E-state index contributed by atoms with van der Waals surface area (Å²) in [5.74, 6) is 1.43. The number of ketones is 1. The highest BCUT2D eigenvalue weighted by atomic mass is 35.5. The lowest BCUT2D eigenvalue weighted by atomic mass is 10.0. The third kappa shape index (κ3) is 5.05. The maximum absolute atomic E-state index is 12.3. The highest BCUT2D eigenvalue weighted by Gasteiger charge is 2.37. The summed E-state index contributed by atoms with van der Waals surface area (Å²) in [7, 11) is 0. The van der Waals surface area contributed by atoms with Gasteiger partial charge in [0, 0.05) is 44.6 Å².